The van der Waals surface area contributed by atoms with Gasteiger partial charge in [0.2, 0.25) is 0 Å². The van der Waals surface area contributed by atoms with E-state index < -0.39 is 5.91 Å². The van der Waals surface area contributed by atoms with Crippen molar-refractivity contribution in [3.8, 4) is 0 Å². The van der Waals surface area contributed by atoms with Gasteiger partial charge in [-0.3, -0.25) is 9.59 Å². The zero-order chi connectivity index (χ0) is 17.4. The Kier molecular flexibility index (Phi) is 3.72. The number of amides is 1. The number of aromatic nitrogens is 1. The zero-order valence-electron chi connectivity index (χ0n) is 13.3. The van der Waals surface area contributed by atoms with E-state index in [0.29, 0.717) is 28.2 Å². The van der Waals surface area contributed by atoms with Gasteiger partial charge in [0.1, 0.15) is 11.5 Å². The summed E-state index contributed by atoms with van der Waals surface area (Å²) in [6.07, 6.45) is 2.06. The number of aromatic amines is 1. The first-order valence-electron chi connectivity index (χ1n) is 8.10. The van der Waals surface area contributed by atoms with E-state index in [1.165, 1.54) is 18.2 Å². The molecule has 0 saturated heterocycles. The second-order valence-corrected chi connectivity index (χ2v) is 6.16. The number of hydrogen-bond acceptors (Lipinski definition) is 3. The number of benzene rings is 2. The summed E-state index contributed by atoms with van der Waals surface area (Å²) in [5.41, 5.74) is 0.857. The van der Waals surface area contributed by atoms with Gasteiger partial charge >= 0.3 is 0 Å². The molecule has 0 unspecified atom stereocenters. The van der Waals surface area contributed by atoms with Crippen LogP contribution < -0.4 is 16.2 Å². The number of pyridine rings is 1. The lowest BCUT2D eigenvalue weighted by Crippen LogP contribution is -2.19. The minimum absolute atomic E-state index is 0.158. The number of halogens is 1. The van der Waals surface area contributed by atoms with Crippen LogP contribution in [0.3, 0.4) is 0 Å². The molecule has 1 aromatic heterocycles. The van der Waals surface area contributed by atoms with Gasteiger partial charge in [-0.15, -0.1) is 0 Å². The molecule has 0 bridgehead atoms. The molecule has 4 rings (SSSR count). The van der Waals surface area contributed by atoms with Crippen LogP contribution in [0.5, 0.6) is 0 Å². The van der Waals surface area contributed by atoms with Gasteiger partial charge in [0.05, 0.1) is 11.4 Å². The van der Waals surface area contributed by atoms with Gasteiger partial charge in [-0.25, -0.2) is 4.39 Å². The van der Waals surface area contributed by atoms with Gasteiger partial charge < -0.3 is 15.6 Å². The van der Waals surface area contributed by atoms with Crippen molar-refractivity contribution in [2.75, 3.05) is 10.6 Å². The Bertz CT molecular complexity index is 1020. The standard InChI is InChI=1S/C19H16FN3O2/c20-12-5-8-15(16(10-12)21-13-6-7-13)22-19(25)17-9-11-3-1-2-4-14(11)18(24)23-17/h1-5,8-10,13,21H,6-7H2,(H,22,25)(H,23,24). The molecule has 0 aliphatic heterocycles. The van der Waals surface area contributed by atoms with Crippen LogP contribution >= 0.6 is 0 Å². The van der Waals surface area contributed by atoms with Crippen molar-refractivity contribution in [3.63, 3.8) is 0 Å². The summed E-state index contributed by atoms with van der Waals surface area (Å²) in [5.74, 6) is -0.825. The molecule has 0 spiro atoms. The number of hydrogen-bond donors (Lipinski definition) is 3. The predicted octanol–water partition coefficient (Wildman–Crippen LogP) is 3.49. The number of carbonyl (C=O) groups excluding carboxylic acids is 1. The summed E-state index contributed by atoms with van der Waals surface area (Å²) in [5, 5.41) is 7.15. The minimum atomic E-state index is -0.451. The normalized spacial score (nSPS) is 13.6. The van der Waals surface area contributed by atoms with Crippen LogP contribution in [0.25, 0.3) is 10.8 Å². The first-order valence-corrected chi connectivity index (χ1v) is 8.10. The van der Waals surface area contributed by atoms with Crippen molar-refractivity contribution in [2.45, 2.75) is 18.9 Å². The lowest BCUT2D eigenvalue weighted by Gasteiger charge is -2.13. The van der Waals surface area contributed by atoms with Crippen molar-refractivity contribution in [3.05, 3.63) is 70.4 Å². The van der Waals surface area contributed by atoms with Gasteiger partial charge in [0, 0.05) is 11.4 Å². The molecule has 6 heteroatoms. The van der Waals surface area contributed by atoms with E-state index >= 15 is 0 Å². The van der Waals surface area contributed by atoms with Crippen LogP contribution in [0, 0.1) is 5.82 Å². The van der Waals surface area contributed by atoms with E-state index in [9.17, 15) is 14.0 Å². The number of anilines is 2. The monoisotopic (exact) mass is 337 g/mol. The third kappa shape index (κ3) is 3.24. The SMILES string of the molecule is O=C(Nc1ccc(F)cc1NC1CC1)c1cc2ccccc2c(=O)[nH]1. The highest BCUT2D eigenvalue weighted by atomic mass is 19.1. The molecule has 126 valence electrons. The van der Waals surface area contributed by atoms with Crippen molar-refractivity contribution >= 4 is 28.1 Å². The van der Waals surface area contributed by atoms with E-state index in [1.807, 2.05) is 0 Å². The second kappa shape index (κ2) is 6.05. The maximum atomic E-state index is 13.5. The molecule has 5 nitrogen and oxygen atoms in total. The molecule has 1 amide bonds. The third-order valence-corrected chi connectivity index (χ3v) is 4.16. The molecule has 3 N–H and O–H groups in total. The molecular weight excluding hydrogens is 321 g/mol. The number of H-pyrrole nitrogens is 1. The van der Waals surface area contributed by atoms with Gasteiger partial charge in [-0.05, 0) is 48.6 Å². The number of rotatable bonds is 4. The van der Waals surface area contributed by atoms with E-state index in [-0.39, 0.29) is 17.1 Å². The lowest BCUT2D eigenvalue weighted by molar-refractivity contribution is 0.102. The topological polar surface area (TPSA) is 74.0 Å². The Morgan fingerprint density at radius 2 is 1.88 bits per heavy atom. The fraction of sp³-hybridized carbons (Fsp3) is 0.158. The molecular formula is C19H16FN3O2. The Hall–Kier alpha value is -3.15. The van der Waals surface area contributed by atoms with Crippen molar-refractivity contribution in [1.82, 2.24) is 4.98 Å². The average molecular weight is 337 g/mol. The summed E-state index contributed by atoms with van der Waals surface area (Å²) in [7, 11) is 0. The fourth-order valence-electron chi connectivity index (χ4n) is 2.72. The molecule has 0 radical (unpaired) electrons. The highest BCUT2D eigenvalue weighted by Crippen LogP contribution is 2.30. The number of carbonyl (C=O) groups is 1. The number of nitrogens with one attached hydrogen (secondary N) is 3. The van der Waals surface area contributed by atoms with Crippen LogP contribution in [0.2, 0.25) is 0 Å². The summed E-state index contributed by atoms with van der Waals surface area (Å²) in [6.45, 7) is 0. The van der Waals surface area contributed by atoms with Gasteiger partial charge in [-0.2, -0.15) is 0 Å². The summed E-state index contributed by atoms with van der Waals surface area (Å²) in [6, 6.07) is 13.2. The molecule has 0 atom stereocenters. The molecule has 3 aromatic rings. The summed E-state index contributed by atoms with van der Waals surface area (Å²) < 4.78 is 13.5. The van der Waals surface area contributed by atoms with Crippen LogP contribution in [-0.2, 0) is 0 Å². The van der Waals surface area contributed by atoms with Gasteiger partial charge in [0.15, 0.2) is 0 Å². The Balaban J connectivity index is 1.65. The fourth-order valence-corrected chi connectivity index (χ4v) is 2.72. The average Bonchev–Trinajstić information content (AvgIpc) is 3.41. The Labute approximate surface area is 142 Å². The second-order valence-electron chi connectivity index (χ2n) is 6.16. The van der Waals surface area contributed by atoms with E-state index in [4.69, 9.17) is 0 Å². The predicted molar refractivity (Wildman–Crippen MR) is 95.6 cm³/mol. The Morgan fingerprint density at radius 3 is 2.68 bits per heavy atom. The third-order valence-electron chi connectivity index (χ3n) is 4.16. The maximum absolute atomic E-state index is 13.5. The largest absolute Gasteiger partial charge is 0.381 e. The Morgan fingerprint density at radius 1 is 1.08 bits per heavy atom. The quantitative estimate of drug-likeness (QED) is 0.682. The number of fused-ring (bicyclic) bond motifs is 1. The van der Waals surface area contributed by atoms with Gasteiger partial charge in [0.25, 0.3) is 11.5 Å². The zero-order valence-corrected chi connectivity index (χ0v) is 13.3. The van der Waals surface area contributed by atoms with E-state index in [2.05, 4.69) is 15.6 Å². The van der Waals surface area contributed by atoms with Crippen molar-refractivity contribution in [2.24, 2.45) is 0 Å². The highest BCUT2D eigenvalue weighted by molar-refractivity contribution is 6.06. The van der Waals surface area contributed by atoms with Crippen molar-refractivity contribution in [1.29, 1.82) is 0 Å². The van der Waals surface area contributed by atoms with Crippen molar-refractivity contribution < 1.29 is 9.18 Å². The van der Waals surface area contributed by atoms with Crippen LogP contribution in [-0.4, -0.2) is 16.9 Å². The summed E-state index contributed by atoms with van der Waals surface area (Å²) >= 11 is 0. The van der Waals surface area contributed by atoms with E-state index in [0.717, 1.165) is 12.8 Å². The molecule has 2 aromatic carbocycles. The lowest BCUT2D eigenvalue weighted by atomic mass is 10.1. The van der Waals surface area contributed by atoms with Gasteiger partial charge in [-0.1, -0.05) is 18.2 Å². The first-order chi connectivity index (χ1) is 12.1. The van der Waals surface area contributed by atoms with Crippen LogP contribution in [0.1, 0.15) is 23.3 Å². The van der Waals surface area contributed by atoms with E-state index in [1.54, 1.807) is 30.3 Å². The minimum Gasteiger partial charge on any atom is -0.381 e. The molecule has 1 saturated carbocycles. The maximum Gasteiger partial charge on any atom is 0.272 e. The molecule has 1 aliphatic carbocycles. The molecule has 1 aliphatic rings. The first kappa shape index (κ1) is 15.4. The smallest absolute Gasteiger partial charge is 0.272 e. The molecule has 1 fully saturated rings. The highest BCUT2D eigenvalue weighted by Gasteiger charge is 2.22. The van der Waals surface area contributed by atoms with Crippen LogP contribution in [0.15, 0.2) is 53.3 Å². The molecule has 25 heavy (non-hydrogen) atoms. The molecule has 1 heterocycles. The van der Waals surface area contributed by atoms with Crippen LogP contribution in [0.4, 0.5) is 15.8 Å². The summed E-state index contributed by atoms with van der Waals surface area (Å²) in [4.78, 5) is 27.3.